The second-order valence-corrected chi connectivity index (χ2v) is 6.40. The van der Waals surface area contributed by atoms with Crippen molar-refractivity contribution in [2.24, 2.45) is 5.92 Å². The molecule has 0 saturated carbocycles. The molecular formula is C19H22FN3O4. The first-order valence-corrected chi connectivity index (χ1v) is 8.74. The van der Waals surface area contributed by atoms with Crippen LogP contribution in [0.1, 0.15) is 29.6 Å². The Morgan fingerprint density at radius 3 is 2.48 bits per heavy atom. The quantitative estimate of drug-likeness (QED) is 0.705. The molecule has 0 unspecified atom stereocenters. The number of amides is 2. The fraction of sp³-hybridized carbons (Fsp3) is 0.474. The summed E-state index contributed by atoms with van der Waals surface area (Å²) in [6.45, 7) is 0.726. The number of likely N-dealkylation sites (tertiary alicyclic amines) is 1. The van der Waals surface area contributed by atoms with Gasteiger partial charge < -0.3 is 14.5 Å². The number of carbonyl (C=O) groups is 3. The lowest BCUT2D eigenvalue weighted by Crippen LogP contribution is -2.41. The van der Waals surface area contributed by atoms with Crippen molar-refractivity contribution in [2.45, 2.75) is 19.3 Å². The lowest BCUT2D eigenvalue weighted by atomic mass is 9.96. The van der Waals surface area contributed by atoms with Crippen molar-refractivity contribution in [3.8, 4) is 6.07 Å². The summed E-state index contributed by atoms with van der Waals surface area (Å²) in [5.74, 6) is -1.77. The van der Waals surface area contributed by atoms with Crippen LogP contribution in [-0.4, -0.2) is 60.9 Å². The van der Waals surface area contributed by atoms with Crippen molar-refractivity contribution in [2.75, 3.05) is 33.3 Å². The van der Waals surface area contributed by atoms with Gasteiger partial charge in [-0.1, -0.05) is 0 Å². The van der Waals surface area contributed by atoms with Crippen LogP contribution >= 0.6 is 0 Å². The number of nitrogens with zero attached hydrogens (tertiary/aromatic N) is 3. The molecule has 1 aromatic carbocycles. The van der Waals surface area contributed by atoms with Crippen molar-refractivity contribution < 1.29 is 23.5 Å². The number of hydrogen-bond acceptors (Lipinski definition) is 5. The van der Waals surface area contributed by atoms with E-state index in [1.165, 1.54) is 29.2 Å². The Bertz CT molecular complexity index is 721. The van der Waals surface area contributed by atoms with E-state index in [2.05, 4.69) is 0 Å². The number of piperidine rings is 1. The standard InChI is InChI=1S/C19H22FN3O4/c1-22(10-2-9-21)17(24)13-27-19(26)15-7-11-23(12-8-15)18(25)14-3-5-16(20)6-4-14/h3-6,15H,2,7-8,10-13H2,1H3. The monoisotopic (exact) mass is 375 g/mol. The summed E-state index contributed by atoms with van der Waals surface area (Å²) in [5, 5.41) is 8.51. The van der Waals surface area contributed by atoms with Crippen LogP contribution in [0.4, 0.5) is 4.39 Å². The van der Waals surface area contributed by atoms with Crippen molar-refractivity contribution in [1.29, 1.82) is 5.26 Å². The molecule has 0 aliphatic carbocycles. The normalized spacial score (nSPS) is 14.3. The van der Waals surface area contributed by atoms with Crippen LogP contribution in [0.5, 0.6) is 0 Å². The summed E-state index contributed by atoms with van der Waals surface area (Å²) >= 11 is 0. The van der Waals surface area contributed by atoms with Crippen LogP contribution < -0.4 is 0 Å². The lowest BCUT2D eigenvalue weighted by molar-refractivity contribution is -0.156. The summed E-state index contributed by atoms with van der Waals surface area (Å²) in [6.07, 6.45) is 1.12. The van der Waals surface area contributed by atoms with Crippen LogP contribution in [0.2, 0.25) is 0 Å². The molecule has 2 amide bonds. The molecule has 1 heterocycles. The maximum atomic E-state index is 13.0. The van der Waals surface area contributed by atoms with E-state index in [9.17, 15) is 18.8 Å². The highest BCUT2D eigenvalue weighted by atomic mass is 19.1. The first-order chi connectivity index (χ1) is 12.9. The number of nitriles is 1. The van der Waals surface area contributed by atoms with Gasteiger partial charge >= 0.3 is 5.97 Å². The minimum absolute atomic E-state index is 0.198. The summed E-state index contributed by atoms with van der Waals surface area (Å²) in [5.41, 5.74) is 0.406. The summed E-state index contributed by atoms with van der Waals surface area (Å²) in [7, 11) is 1.55. The van der Waals surface area contributed by atoms with Crippen molar-refractivity contribution in [3.05, 3.63) is 35.6 Å². The van der Waals surface area contributed by atoms with Crippen LogP contribution in [0.3, 0.4) is 0 Å². The van der Waals surface area contributed by atoms with Crippen LogP contribution in [-0.2, 0) is 14.3 Å². The fourth-order valence-electron chi connectivity index (χ4n) is 2.80. The Hall–Kier alpha value is -2.95. The molecule has 1 aliphatic rings. The van der Waals surface area contributed by atoms with Crippen LogP contribution in [0.15, 0.2) is 24.3 Å². The van der Waals surface area contributed by atoms with Crippen molar-refractivity contribution in [1.82, 2.24) is 9.80 Å². The Morgan fingerprint density at radius 1 is 1.26 bits per heavy atom. The molecule has 0 spiro atoms. The minimum Gasteiger partial charge on any atom is -0.455 e. The zero-order valence-corrected chi connectivity index (χ0v) is 15.2. The Balaban J connectivity index is 1.77. The van der Waals surface area contributed by atoms with E-state index in [0.717, 1.165) is 0 Å². The number of likely N-dealkylation sites (N-methyl/N-ethyl adjacent to an activating group) is 1. The average molecular weight is 375 g/mol. The number of halogens is 1. The van der Waals surface area contributed by atoms with Gasteiger partial charge in [-0.15, -0.1) is 0 Å². The topological polar surface area (TPSA) is 90.7 Å². The number of carbonyl (C=O) groups excluding carboxylic acids is 3. The third kappa shape index (κ3) is 5.78. The van der Waals surface area contributed by atoms with Crippen LogP contribution in [0.25, 0.3) is 0 Å². The third-order valence-corrected chi connectivity index (χ3v) is 4.53. The number of benzene rings is 1. The van der Waals surface area contributed by atoms with Gasteiger partial charge in [0, 0.05) is 32.2 Å². The summed E-state index contributed by atoms with van der Waals surface area (Å²) < 4.78 is 18.0. The second kappa shape index (κ2) is 9.67. The zero-order valence-electron chi connectivity index (χ0n) is 15.2. The van der Waals surface area contributed by atoms with E-state index in [0.29, 0.717) is 31.5 Å². The predicted octanol–water partition coefficient (Wildman–Crippen LogP) is 1.59. The molecule has 0 atom stereocenters. The van der Waals surface area contributed by atoms with E-state index < -0.39 is 11.8 Å². The van der Waals surface area contributed by atoms with E-state index >= 15 is 0 Å². The van der Waals surface area contributed by atoms with Gasteiger partial charge in [0.25, 0.3) is 11.8 Å². The number of rotatable bonds is 6. The summed E-state index contributed by atoms with van der Waals surface area (Å²) in [6, 6.07) is 7.30. The highest BCUT2D eigenvalue weighted by molar-refractivity contribution is 5.94. The Morgan fingerprint density at radius 2 is 1.89 bits per heavy atom. The van der Waals surface area contributed by atoms with Gasteiger partial charge in [-0.2, -0.15) is 5.26 Å². The van der Waals surface area contributed by atoms with Gasteiger partial charge in [-0.25, -0.2) is 4.39 Å². The first-order valence-electron chi connectivity index (χ1n) is 8.74. The number of esters is 1. The molecule has 8 heteroatoms. The van der Waals surface area contributed by atoms with E-state index in [-0.39, 0.29) is 37.3 Å². The van der Waals surface area contributed by atoms with Gasteiger partial charge in [0.2, 0.25) is 0 Å². The number of ether oxygens (including phenoxy) is 1. The summed E-state index contributed by atoms with van der Waals surface area (Å²) in [4.78, 5) is 39.3. The van der Waals surface area contributed by atoms with Crippen molar-refractivity contribution in [3.63, 3.8) is 0 Å². The molecular weight excluding hydrogens is 353 g/mol. The molecule has 7 nitrogen and oxygen atoms in total. The zero-order chi connectivity index (χ0) is 19.8. The van der Waals surface area contributed by atoms with Gasteiger partial charge in [-0.3, -0.25) is 14.4 Å². The Kier molecular flexibility index (Phi) is 7.29. The maximum absolute atomic E-state index is 13.0. The van der Waals surface area contributed by atoms with Crippen molar-refractivity contribution >= 4 is 17.8 Å². The first kappa shape index (κ1) is 20.4. The molecule has 0 N–H and O–H groups in total. The molecule has 0 radical (unpaired) electrons. The van der Waals surface area contributed by atoms with E-state index in [1.807, 2.05) is 6.07 Å². The predicted molar refractivity (Wildman–Crippen MR) is 93.9 cm³/mol. The molecule has 1 aliphatic heterocycles. The molecule has 0 bridgehead atoms. The second-order valence-electron chi connectivity index (χ2n) is 6.40. The highest BCUT2D eigenvalue weighted by Crippen LogP contribution is 2.20. The molecule has 1 aromatic rings. The molecule has 144 valence electrons. The molecule has 2 rings (SSSR count). The molecule has 27 heavy (non-hydrogen) atoms. The molecule has 1 saturated heterocycles. The SMILES string of the molecule is CN(CCC#N)C(=O)COC(=O)C1CCN(C(=O)c2ccc(F)cc2)CC1. The van der Waals surface area contributed by atoms with E-state index in [1.54, 1.807) is 11.9 Å². The lowest BCUT2D eigenvalue weighted by Gasteiger charge is -2.31. The van der Waals surface area contributed by atoms with Gasteiger partial charge in [-0.05, 0) is 37.1 Å². The third-order valence-electron chi connectivity index (χ3n) is 4.53. The smallest absolute Gasteiger partial charge is 0.309 e. The Labute approximate surface area is 157 Å². The largest absolute Gasteiger partial charge is 0.455 e. The van der Waals surface area contributed by atoms with Gasteiger partial charge in [0.05, 0.1) is 18.4 Å². The van der Waals surface area contributed by atoms with Gasteiger partial charge in [0.15, 0.2) is 6.61 Å². The fourth-order valence-corrected chi connectivity index (χ4v) is 2.80. The minimum atomic E-state index is -0.453. The van der Waals surface area contributed by atoms with Crippen LogP contribution in [0, 0.1) is 23.1 Å². The van der Waals surface area contributed by atoms with Gasteiger partial charge in [0.1, 0.15) is 5.82 Å². The highest BCUT2D eigenvalue weighted by Gasteiger charge is 2.29. The number of hydrogen-bond donors (Lipinski definition) is 0. The molecule has 1 fully saturated rings. The average Bonchev–Trinajstić information content (AvgIpc) is 2.70. The maximum Gasteiger partial charge on any atom is 0.309 e. The molecule has 0 aromatic heterocycles. The van der Waals surface area contributed by atoms with E-state index in [4.69, 9.17) is 10.00 Å².